The molecular formula is C12H16ClNO. The molecule has 0 radical (unpaired) electrons. The average molecular weight is 226 g/mol. The van der Waals surface area contributed by atoms with E-state index in [9.17, 15) is 5.11 Å². The zero-order chi connectivity index (χ0) is 11.1. The fourth-order valence-electron chi connectivity index (χ4n) is 2.44. The first-order valence-electron chi connectivity index (χ1n) is 5.19. The number of aliphatic hydroxyl groups is 1. The molecule has 0 aliphatic heterocycles. The van der Waals surface area contributed by atoms with E-state index in [1.807, 2.05) is 31.2 Å². The van der Waals surface area contributed by atoms with Crippen LogP contribution < -0.4 is 5.73 Å². The third kappa shape index (κ3) is 2.03. The molecule has 0 saturated heterocycles. The Morgan fingerprint density at radius 2 is 2.00 bits per heavy atom. The molecule has 1 aliphatic carbocycles. The second kappa shape index (κ2) is 3.48. The summed E-state index contributed by atoms with van der Waals surface area (Å²) in [6, 6.07) is 7.62. The Labute approximate surface area is 95.1 Å². The normalized spacial score (nSPS) is 35.7. The molecule has 2 unspecified atom stereocenters. The number of nitrogens with two attached hydrogens (primary N) is 1. The molecule has 2 rings (SSSR count). The maximum atomic E-state index is 9.96. The van der Waals surface area contributed by atoms with E-state index in [-0.39, 0.29) is 0 Å². The van der Waals surface area contributed by atoms with Gasteiger partial charge >= 0.3 is 0 Å². The number of hydrogen-bond acceptors (Lipinski definition) is 2. The summed E-state index contributed by atoms with van der Waals surface area (Å²) < 4.78 is 0. The van der Waals surface area contributed by atoms with Crippen LogP contribution in [0.1, 0.15) is 31.7 Å². The highest BCUT2D eigenvalue weighted by Gasteiger charge is 2.43. The Hall–Kier alpha value is -0.570. The highest BCUT2D eigenvalue weighted by molar-refractivity contribution is 6.31. The predicted molar refractivity (Wildman–Crippen MR) is 61.8 cm³/mol. The Balaban J connectivity index is 2.36. The highest BCUT2D eigenvalue weighted by atomic mass is 35.5. The summed E-state index contributed by atoms with van der Waals surface area (Å²) in [4.78, 5) is 0. The lowest BCUT2D eigenvalue weighted by Gasteiger charge is -2.27. The van der Waals surface area contributed by atoms with E-state index in [2.05, 4.69) is 0 Å². The van der Waals surface area contributed by atoms with Crippen LogP contribution in [0.4, 0.5) is 0 Å². The van der Waals surface area contributed by atoms with Crippen molar-refractivity contribution >= 4 is 11.6 Å². The topological polar surface area (TPSA) is 46.2 Å². The van der Waals surface area contributed by atoms with Crippen LogP contribution in [0.3, 0.4) is 0 Å². The van der Waals surface area contributed by atoms with Crippen LogP contribution in [0.25, 0.3) is 0 Å². The van der Waals surface area contributed by atoms with E-state index in [4.69, 9.17) is 17.3 Å². The molecule has 1 aromatic carbocycles. The summed E-state index contributed by atoms with van der Waals surface area (Å²) in [5.74, 6) is 0. The molecule has 0 heterocycles. The zero-order valence-electron chi connectivity index (χ0n) is 8.83. The van der Waals surface area contributed by atoms with E-state index < -0.39 is 11.1 Å². The van der Waals surface area contributed by atoms with Gasteiger partial charge in [-0.25, -0.2) is 0 Å². The minimum absolute atomic E-state index is 0.470. The van der Waals surface area contributed by atoms with Crippen molar-refractivity contribution in [3.05, 3.63) is 34.9 Å². The summed E-state index contributed by atoms with van der Waals surface area (Å²) in [6.45, 7) is 1.83. The van der Waals surface area contributed by atoms with Gasteiger partial charge in [-0.3, -0.25) is 0 Å². The second-order valence-electron chi connectivity index (χ2n) is 4.81. The summed E-state index contributed by atoms with van der Waals surface area (Å²) in [5.41, 5.74) is 6.13. The van der Waals surface area contributed by atoms with Gasteiger partial charge in [0, 0.05) is 10.6 Å². The fourth-order valence-corrected chi connectivity index (χ4v) is 2.77. The molecule has 0 amide bonds. The van der Waals surface area contributed by atoms with Gasteiger partial charge in [0.15, 0.2) is 0 Å². The van der Waals surface area contributed by atoms with Crippen molar-refractivity contribution < 1.29 is 5.11 Å². The molecule has 0 spiro atoms. The monoisotopic (exact) mass is 225 g/mol. The molecule has 15 heavy (non-hydrogen) atoms. The molecule has 2 nitrogen and oxygen atoms in total. The van der Waals surface area contributed by atoms with Gasteiger partial charge in [0.05, 0.1) is 5.60 Å². The predicted octanol–water partition coefficient (Wildman–Crippen LogP) is 2.43. The van der Waals surface area contributed by atoms with Gasteiger partial charge in [-0.2, -0.15) is 0 Å². The lowest BCUT2D eigenvalue weighted by Crippen LogP contribution is -2.36. The summed E-state index contributed by atoms with van der Waals surface area (Å²) in [7, 11) is 0. The van der Waals surface area contributed by atoms with E-state index in [1.165, 1.54) is 0 Å². The van der Waals surface area contributed by atoms with Gasteiger partial charge < -0.3 is 10.8 Å². The maximum Gasteiger partial charge on any atom is 0.0641 e. The van der Waals surface area contributed by atoms with Crippen LogP contribution in [0.5, 0.6) is 0 Å². The highest BCUT2D eigenvalue weighted by Crippen LogP contribution is 2.44. The van der Waals surface area contributed by atoms with E-state index in [0.29, 0.717) is 11.4 Å². The van der Waals surface area contributed by atoms with Crippen molar-refractivity contribution in [1.82, 2.24) is 0 Å². The van der Waals surface area contributed by atoms with Crippen LogP contribution >= 0.6 is 11.6 Å². The van der Waals surface area contributed by atoms with Crippen LogP contribution in [-0.2, 0) is 5.54 Å². The van der Waals surface area contributed by atoms with Gasteiger partial charge in [-0.15, -0.1) is 0 Å². The molecule has 82 valence electrons. The quantitative estimate of drug-likeness (QED) is 0.771. The SMILES string of the molecule is CC1(O)CCC(N)(c2ccccc2Cl)C1. The van der Waals surface area contributed by atoms with Crippen LogP contribution in [0.15, 0.2) is 24.3 Å². The van der Waals surface area contributed by atoms with Crippen LogP contribution in [-0.4, -0.2) is 10.7 Å². The summed E-state index contributed by atoms with van der Waals surface area (Å²) in [5, 5.41) is 10.7. The first-order valence-corrected chi connectivity index (χ1v) is 5.57. The molecule has 1 saturated carbocycles. The lowest BCUT2D eigenvalue weighted by molar-refractivity contribution is 0.0611. The largest absolute Gasteiger partial charge is 0.390 e. The number of rotatable bonds is 1. The van der Waals surface area contributed by atoms with Crippen molar-refractivity contribution in [2.24, 2.45) is 5.73 Å². The lowest BCUT2D eigenvalue weighted by atomic mass is 9.88. The van der Waals surface area contributed by atoms with E-state index in [0.717, 1.165) is 18.4 Å². The smallest absolute Gasteiger partial charge is 0.0641 e. The number of hydrogen-bond donors (Lipinski definition) is 2. The minimum atomic E-state index is -0.659. The Morgan fingerprint density at radius 1 is 1.33 bits per heavy atom. The van der Waals surface area contributed by atoms with Crippen LogP contribution in [0, 0.1) is 0 Å². The fraction of sp³-hybridized carbons (Fsp3) is 0.500. The Bertz CT molecular complexity index is 378. The van der Waals surface area contributed by atoms with Crippen molar-refractivity contribution in [3.63, 3.8) is 0 Å². The molecule has 1 fully saturated rings. The molecule has 1 aliphatic rings. The van der Waals surface area contributed by atoms with Crippen molar-refractivity contribution in [2.45, 2.75) is 37.3 Å². The third-order valence-electron chi connectivity index (χ3n) is 3.22. The molecule has 1 aromatic rings. The van der Waals surface area contributed by atoms with E-state index >= 15 is 0 Å². The molecular weight excluding hydrogens is 210 g/mol. The van der Waals surface area contributed by atoms with Crippen LogP contribution in [0.2, 0.25) is 5.02 Å². The van der Waals surface area contributed by atoms with Crippen molar-refractivity contribution in [2.75, 3.05) is 0 Å². The van der Waals surface area contributed by atoms with Gasteiger partial charge in [0.1, 0.15) is 0 Å². The third-order valence-corrected chi connectivity index (χ3v) is 3.55. The first-order chi connectivity index (χ1) is 6.93. The summed E-state index contributed by atoms with van der Waals surface area (Å²) >= 11 is 6.13. The molecule has 3 N–H and O–H groups in total. The first kappa shape index (κ1) is 10.9. The zero-order valence-corrected chi connectivity index (χ0v) is 9.59. The van der Waals surface area contributed by atoms with Gasteiger partial charge in [0.2, 0.25) is 0 Å². The standard InChI is InChI=1S/C12H16ClNO/c1-11(15)6-7-12(14,8-11)9-4-2-3-5-10(9)13/h2-5,15H,6-8,14H2,1H3. The van der Waals surface area contributed by atoms with Gasteiger partial charge in [-0.05, 0) is 37.8 Å². The Kier molecular flexibility index (Phi) is 2.53. The Morgan fingerprint density at radius 3 is 2.53 bits per heavy atom. The average Bonchev–Trinajstić information content (AvgIpc) is 2.42. The van der Waals surface area contributed by atoms with Gasteiger partial charge in [0.25, 0.3) is 0 Å². The van der Waals surface area contributed by atoms with E-state index in [1.54, 1.807) is 0 Å². The second-order valence-corrected chi connectivity index (χ2v) is 5.22. The molecule has 0 aromatic heterocycles. The molecule has 3 heteroatoms. The van der Waals surface area contributed by atoms with Gasteiger partial charge in [-0.1, -0.05) is 29.8 Å². The maximum absolute atomic E-state index is 9.96. The molecule has 0 bridgehead atoms. The molecule has 2 atom stereocenters. The number of halogens is 1. The number of benzene rings is 1. The summed E-state index contributed by atoms with van der Waals surface area (Å²) in [6.07, 6.45) is 2.09. The van der Waals surface area contributed by atoms with Crippen molar-refractivity contribution in [1.29, 1.82) is 0 Å². The van der Waals surface area contributed by atoms with Crippen molar-refractivity contribution in [3.8, 4) is 0 Å². The minimum Gasteiger partial charge on any atom is -0.390 e.